The van der Waals surface area contributed by atoms with Gasteiger partial charge in [-0.3, -0.25) is 0 Å². The van der Waals surface area contributed by atoms with Crippen LogP contribution in [0, 0.1) is 0 Å². The topological polar surface area (TPSA) is 12.0 Å². The summed E-state index contributed by atoms with van der Waals surface area (Å²) in [6.07, 6.45) is 9.92. The summed E-state index contributed by atoms with van der Waals surface area (Å²) >= 11 is 2.00. The Kier molecular flexibility index (Phi) is 4.81. The maximum atomic E-state index is 3.96. The Labute approximate surface area is 109 Å². The van der Waals surface area contributed by atoms with Gasteiger partial charge in [0.1, 0.15) is 0 Å². The van der Waals surface area contributed by atoms with Gasteiger partial charge in [0.15, 0.2) is 0 Å². The van der Waals surface area contributed by atoms with Gasteiger partial charge in [-0.1, -0.05) is 19.4 Å². The predicted octanol–water partition coefficient (Wildman–Crippen LogP) is 4.24. The van der Waals surface area contributed by atoms with Crippen LogP contribution in [0.25, 0.3) is 0 Å². The van der Waals surface area contributed by atoms with Crippen molar-refractivity contribution >= 4 is 11.3 Å². The lowest BCUT2D eigenvalue weighted by Gasteiger charge is -2.11. The second kappa shape index (κ2) is 6.36. The maximum Gasteiger partial charge on any atom is 0.0598 e. The standard InChI is InChI=1S/C15H23NS/c1-3-10-16-13(4-2)15-11-12-8-6-5-7-9-14(12)17-15/h4,11,13,16H,2-3,5-10H2,1H3. The Balaban J connectivity index is 2.12. The first kappa shape index (κ1) is 12.8. The first-order valence-electron chi connectivity index (χ1n) is 6.82. The van der Waals surface area contributed by atoms with Crippen molar-refractivity contribution in [2.45, 2.75) is 51.5 Å². The number of aryl methyl sites for hydroxylation is 2. The Morgan fingerprint density at radius 3 is 3.00 bits per heavy atom. The molecule has 1 aromatic rings. The molecule has 1 aromatic heterocycles. The summed E-state index contributed by atoms with van der Waals surface area (Å²) in [5.74, 6) is 0. The van der Waals surface area contributed by atoms with Gasteiger partial charge in [0.2, 0.25) is 0 Å². The van der Waals surface area contributed by atoms with Crippen LogP contribution in [0.15, 0.2) is 18.7 Å². The minimum absolute atomic E-state index is 0.354. The summed E-state index contributed by atoms with van der Waals surface area (Å²) in [4.78, 5) is 3.09. The van der Waals surface area contributed by atoms with Crippen molar-refractivity contribution in [1.29, 1.82) is 0 Å². The van der Waals surface area contributed by atoms with Crippen LogP contribution in [0.1, 0.15) is 54.0 Å². The minimum atomic E-state index is 0.354. The van der Waals surface area contributed by atoms with Crippen LogP contribution in [0.4, 0.5) is 0 Å². The fourth-order valence-corrected chi connectivity index (χ4v) is 3.77. The van der Waals surface area contributed by atoms with Gasteiger partial charge in [0.05, 0.1) is 6.04 Å². The fourth-order valence-electron chi connectivity index (χ4n) is 2.44. The third-order valence-electron chi connectivity index (χ3n) is 3.42. The van der Waals surface area contributed by atoms with Crippen molar-refractivity contribution in [1.82, 2.24) is 5.32 Å². The molecule has 0 aromatic carbocycles. The first-order chi connectivity index (χ1) is 8.35. The Bertz CT molecular complexity index is 343. The van der Waals surface area contributed by atoms with Gasteiger partial charge in [-0.05, 0) is 50.3 Å². The lowest BCUT2D eigenvalue weighted by molar-refractivity contribution is 0.620. The van der Waals surface area contributed by atoms with Crippen LogP contribution in [-0.2, 0) is 12.8 Å². The molecule has 1 aliphatic rings. The second-order valence-electron chi connectivity index (χ2n) is 4.83. The van der Waals surface area contributed by atoms with Gasteiger partial charge < -0.3 is 5.32 Å². The highest BCUT2D eigenvalue weighted by atomic mass is 32.1. The predicted molar refractivity (Wildman–Crippen MR) is 76.8 cm³/mol. The third-order valence-corrected chi connectivity index (χ3v) is 4.74. The molecular weight excluding hydrogens is 226 g/mol. The van der Waals surface area contributed by atoms with Crippen LogP contribution in [0.5, 0.6) is 0 Å². The number of thiophene rings is 1. The molecule has 1 aliphatic carbocycles. The van der Waals surface area contributed by atoms with Crippen LogP contribution in [0.2, 0.25) is 0 Å². The van der Waals surface area contributed by atoms with Gasteiger partial charge in [0, 0.05) is 9.75 Å². The number of nitrogens with one attached hydrogen (secondary N) is 1. The minimum Gasteiger partial charge on any atom is -0.306 e. The average Bonchev–Trinajstić information content (AvgIpc) is 2.61. The highest BCUT2D eigenvalue weighted by Gasteiger charge is 2.15. The van der Waals surface area contributed by atoms with Crippen LogP contribution in [0.3, 0.4) is 0 Å². The normalized spacial score (nSPS) is 17.2. The molecule has 94 valence electrons. The van der Waals surface area contributed by atoms with E-state index >= 15 is 0 Å². The molecule has 0 radical (unpaired) electrons. The SMILES string of the molecule is C=CC(NCCC)c1cc2c(s1)CCCCC2. The molecular formula is C15H23NS. The molecule has 17 heavy (non-hydrogen) atoms. The lowest BCUT2D eigenvalue weighted by Crippen LogP contribution is -2.19. The van der Waals surface area contributed by atoms with Gasteiger partial charge in [-0.15, -0.1) is 17.9 Å². The van der Waals surface area contributed by atoms with E-state index < -0.39 is 0 Å². The summed E-state index contributed by atoms with van der Waals surface area (Å²) in [6, 6.07) is 2.77. The zero-order valence-corrected chi connectivity index (χ0v) is 11.6. The molecule has 2 rings (SSSR count). The van der Waals surface area contributed by atoms with E-state index in [1.807, 2.05) is 17.4 Å². The summed E-state index contributed by atoms with van der Waals surface area (Å²) in [5, 5.41) is 3.55. The zero-order valence-electron chi connectivity index (χ0n) is 10.8. The summed E-state index contributed by atoms with van der Waals surface area (Å²) in [6.45, 7) is 7.23. The zero-order chi connectivity index (χ0) is 12.1. The van der Waals surface area contributed by atoms with Gasteiger partial charge >= 0.3 is 0 Å². The quantitative estimate of drug-likeness (QED) is 0.608. The second-order valence-corrected chi connectivity index (χ2v) is 5.99. The molecule has 0 saturated heterocycles. The molecule has 2 heteroatoms. The van der Waals surface area contributed by atoms with E-state index in [2.05, 4.69) is 24.9 Å². The lowest BCUT2D eigenvalue weighted by atomic mass is 10.1. The van der Waals surface area contributed by atoms with Crippen LogP contribution in [-0.4, -0.2) is 6.54 Å². The van der Waals surface area contributed by atoms with E-state index in [-0.39, 0.29) is 0 Å². The van der Waals surface area contributed by atoms with Gasteiger partial charge in [-0.2, -0.15) is 0 Å². The monoisotopic (exact) mass is 249 g/mol. The number of rotatable bonds is 5. The highest BCUT2D eigenvalue weighted by Crippen LogP contribution is 2.32. The number of hydrogen-bond donors (Lipinski definition) is 1. The van der Waals surface area contributed by atoms with Crippen molar-refractivity contribution in [3.63, 3.8) is 0 Å². The van der Waals surface area contributed by atoms with Crippen molar-refractivity contribution in [3.8, 4) is 0 Å². The fraction of sp³-hybridized carbons (Fsp3) is 0.600. The molecule has 0 fully saturated rings. The van der Waals surface area contributed by atoms with E-state index in [9.17, 15) is 0 Å². The highest BCUT2D eigenvalue weighted by molar-refractivity contribution is 7.12. The average molecular weight is 249 g/mol. The summed E-state index contributed by atoms with van der Waals surface area (Å²) < 4.78 is 0. The Morgan fingerprint density at radius 1 is 1.41 bits per heavy atom. The Hall–Kier alpha value is -0.600. The van der Waals surface area contributed by atoms with Gasteiger partial charge in [-0.25, -0.2) is 0 Å². The molecule has 1 heterocycles. The van der Waals surface area contributed by atoms with E-state index in [1.54, 1.807) is 10.4 Å². The maximum absolute atomic E-state index is 3.96. The van der Waals surface area contributed by atoms with Crippen molar-refractivity contribution < 1.29 is 0 Å². The van der Waals surface area contributed by atoms with Crippen molar-refractivity contribution in [3.05, 3.63) is 34.0 Å². The molecule has 0 amide bonds. The molecule has 0 spiro atoms. The molecule has 0 aliphatic heterocycles. The molecule has 1 unspecified atom stereocenters. The van der Waals surface area contributed by atoms with E-state index in [1.165, 1.54) is 43.4 Å². The van der Waals surface area contributed by atoms with E-state index in [0.29, 0.717) is 6.04 Å². The number of fused-ring (bicyclic) bond motifs is 1. The van der Waals surface area contributed by atoms with Crippen molar-refractivity contribution in [2.75, 3.05) is 6.54 Å². The molecule has 0 saturated carbocycles. The van der Waals surface area contributed by atoms with E-state index in [4.69, 9.17) is 0 Å². The first-order valence-corrected chi connectivity index (χ1v) is 7.64. The summed E-state index contributed by atoms with van der Waals surface area (Å²) in [5.41, 5.74) is 1.60. The third kappa shape index (κ3) is 3.20. The largest absolute Gasteiger partial charge is 0.306 e. The number of hydrogen-bond acceptors (Lipinski definition) is 2. The van der Waals surface area contributed by atoms with Crippen LogP contribution < -0.4 is 5.32 Å². The molecule has 1 atom stereocenters. The smallest absolute Gasteiger partial charge is 0.0598 e. The molecule has 1 N–H and O–H groups in total. The van der Waals surface area contributed by atoms with Crippen molar-refractivity contribution in [2.24, 2.45) is 0 Å². The van der Waals surface area contributed by atoms with Crippen LogP contribution >= 0.6 is 11.3 Å². The molecule has 1 nitrogen and oxygen atoms in total. The summed E-state index contributed by atoms with van der Waals surface area (Å²) in [7, 11) is 0. The van der Waals surface area contributed by atoms with Gasteiger partial charge in [0.25, 0.3) is 0 Å². The van der Waals surface area contributed by atoms with E-state index in [0.717, 1.165) is 6.54 Å². The Morgan fingerprint density at radius 2 is 2.24 bits per heavy atom. The molecule has 0 bridgehead atoms.